The normalized spacial score (nSPS) is 11.6. The molecule has 0 fully saturated rings. The van der Waals surface area contributed by atoms with Gasteiger partial charge >= 0.3 is 0 Å². The summed E-state index contributed by atoms with van der Waals surface area (Å²) in [6.07, 6.45) is 5.96. The molecule has 3 aromatic rings. The molecule has 0 aromatic carbocycles. The second-order valence-corrected chi connectivity index (χ2v) is 10.2. The van der Waals surface area contributed by atoms with E-state index in [9.17, 15) is 18.8 Å². The van der Waals surface area contributed by atoms with Gasteiger partial charge in [-0.3, -0.25) is 4.31 Å². The average molecular weight is 488 g/mol. The van der Waals surface area contributed by atoms with E-state index in [1.54, 1.807) is 24.3 Å². The molecule has 1 aliphatic heterocycles. The molecular weight excluding hydrogens is 466 g/mol. The molecule has 2 aliphatic rings. The van der Waals surface area contributed by atoms with Gasteiger partial charge in [0.05, 0.1) is 17.5 Å². The number of nitrogens with zero attached hydrogens (tertiary/aromatic N) is 4. The van der Waals surface area contributed by atoms with Gasteiger partial charge < -0.3 is 20.4 Å². The molecule has 0 amide bonds. The number of sulfonamides is 1. The van der Waals surface area contributed by atoms with Crippen LogP contribution in [0.4, 0.5) is 11.5 Å². The molecule has 0 radical (unpaired) electrons. The van der Waals surface area contributed by atoms with E-state index in [0.29, 0.717) is 33.7 Å². The van der Waals surface area contributed by atoms with Crippen LogP contribution in [-0.2, 0) is 16.6 Å². The van der Waals surface area contributed by atoms with Crippen molar-refractivity contribution < 1.29 is 13.5 Å². The third-order valence-corrected chi connectivity index (χ3v) is 6.98. The number of hydrogen-bond acceptors (Lipinski definition) is 7. The summed E-state index contributed by atoms with van der Waals surface area (Å²) in [4.78, 5) is 15.1. The first kappa shape index (κ1) is 22.2. The Morgan fingerprint density at radius 3 is 2.77 bits per heavy atom. The lowest BCUT2D eigenvalue weighted by Gasteiger charge is -2.19. The van der Waals surface area contributed by atoms with Crippen molar-refractivity contribution in [2.75, 3.05) is 22.9 Å². The molecule has 1 aliphatic carbocycles. The highest BCUT2D eigenvalue weighted by atomic mass is 32.2. The van der Waals surface area contributed by atoms with E-state index in [0.717, 1.165) is 33.1 Å². The number of aromatic nitrogens is 4. The molecule has 4 heterocycles. The van der Waals surface area contributed by atoms with Crippen LogP contribution in [0, 0.1) is 11.3 Å². The zero-order valence-corrected chi connectivity index (χ0v) is 19.7. The summed E-state index contributed by atoms with van der Waals surface area (Å²) in [7, 11) is -2.04. The van der Waals surface area contributed by atoms with Crippen LogP contribution in [0.3, 0.4) is 0 Å². The number of pyridine rings is 3. The van der Waals surface area contributed by atoms with Gasteiger partial charge in [-0.2, -0.15) is 5.26 Å². The molecule has 35 heavy (non-hydrogen) atoms. The highest BCUT2D eigenvalue weighted by molar-refractivity contribution is 7.92. The highest BCUT2D eigenvalue weighted by Gasteiger charge is 2.19. The lowest BCUT2D eigenvalue weighted by Crippen LogP contribution is -2.27. The molecule has 0 atom stereocenters. The third-order valence-electron chi connectivity index (χ3n) is 5.81. The summed E-state index contributed by atoms with van der Waals surface area (Å²) in [5.41, 5.74) is 5.49. The molecule has 176 valence electrons. The van der Waals surface area contributed by atoms with Crippen molar-refractivity contribution in [3.05, 3.63) is 66.1 Å². The van der Waals surface area contributed by atoms with Crippen molar-refractivity contribution >= 4 is 32.6 Å². The summed E-state index contributed by atoms with van der Waals surface area (Å²) in [6.45, 7) is 0.240. The SMILES string of the molecule is CN(c1ncccc1CNc1c(C#N)cnc2[nH]c(-c3c[nH]c4cc(O)cc-4c3)cc12)S(C)(=O)=O. The van der Waals surface area contributed by atoms with Crippen LogP contribution in [0.5, 0.6) is 5.75 Å². The fraction of sp³-hybridized carbons (Fsp3) is 0.125. The molecule has 0 unspecified atom stereocenters. The number of rotatable bonds is 6. The van der Waals surface area contributed by atoms with Crippen LogP contribution in [0.15, 0.2) is 55.0 Å². The molecule has 5 rings (SSSR count). The first-order chi connectivity index (χ1) is 16.7. The summed E-state index contributed by atoms with van der Waals surface area (Å²) >= 11 is 0. The van der Waals surface area contributed by atoms with Crippen molar-refractivity contribution in [3.8, 4) is 34.3 Å². The van der Waals surface area contributed by atoms with Crippen LogP contribution in [0.25, 0.3) is 33.5 Å². The van der Waals surface area contributed by atoms with Crippen molar-refractivity contribution in [2.24, 2.45) is 0 Å². The fourth-order valence-corrected chi connectivity index (χ4v) is 4.45. The van der Waals surface area contributed by atoms with Crippen molar-refractivity contribution in [1.82, 2.24) is 19.9 Å². The number of aromatic hydroxyl groups is 1. The second-order valence-electron chi connectivity index (χ2n) is 8.15. The minimum absolute atomic E-state index is 0.188. The van der Waals surface area contributed by atoms with Gasteiger partial charge in [0.15, 0.2) is 0 Å². The molecule has 0 bridgehead atoms. The Kier molecular flexibility index (Phi) is 5.30. The van der Waals surface area contributed by atoms with E-state index < -0.39 is 10.0 Å². The van der Waals surface area contributed by atoms with E-state index in [4.69, 9.17) is 0 Å². The topological polar surface area (TPSA) is 151 Å². The van der Waals surface area contributed by atoms with Gasteiger partial charge in [0.25, 0.3) is 0 Å². The maximum absolute atomic E-state index is 12.0. The smallest absolute Gasteiger partial charge is 0.233 e. The van der Waals surface area contributed by atoms with E-state index in [-0.39, 0.29) is 12.3 Å². The molecule has 0 saturated carbocycles. The number of hydrogen-bond donors (Lipinski definition) is 4. The molecular formula is C24H21N7O3S. The van der Waals surface area contributed by atoms with Crippen molar-refractivity contribution in [2.45, 2.75) is 6.54 Å². The lowest BCUT2D eigenvalue weighted by molar-refractivity contribution is 0.477. The maximum atomic E-state index is 12.0. The summed E-state index contributed by atoms with van der Waals surface area (Å²) < 4.78 is 25.2. The quantitative estimate of drug-likeness (QED) is 0.285. The van der Waals surface area contributed by atoms with Crippen LogP contribution in [0.1, 0.15) is 11.1 Å². The fourth-order valence-electron chi connectivity index (χ4n) is 3.97. The van der Waals surface area contributed by atoms with E-state index in [1.165, 1.54) is 19.4 Å². The summed E-state index contributed by atoms with van der Waals surface area (Å²) in [5, 5.41) is 23.5. The third kappa shape index (κ3) is 4.11. The van der Waals surface area contributed by atoms with Crippen LogP contribution in [-0.4, -0.2) is 46.8 Å². The predicted octanol–water partition coefficient (Wildman–Crippen LogP) is 3.64. The monoisotopic (exact) mass is 487 g/mol. The Bertz CT molecular complexity index is 1680. The minimum atomic E-state index is -3.49. The van der Waals surface area contributed by atoms with Gasteiger partial charge in [0.1, 0.15) is 23.3 Å². The van der Waals surface area contributed by atoms with Crippen LogP contribution >= 0.6 is 0 Å². The molecule has 11 heteroatoms. The molecule has 10 nitrogen and oxygen atoms in total. The van der Waals surface area contributed by atoms with Gasteiger partial charge in [-0.25, -0.2) is 18.4 Å². The largest absolute Gasteiger partial charge is 0.508 e. The van der Waals surface area contributed by atoms with Crippen molar-refractivity contribution in [1.29, 1.82) is 5.26 Å². The van der Waals surface area contributed by atoms with Gasteiger partial charge in [-0.05, 0) is 24.3 Å². The first-order valence-corrected chi connectivity index (χ1v) is 12.4. The first-order valence-electron chi connectivity index (χ1n) is 10.6. The van der Waals surface area contributed by atoms with Gasteiger partial charge in [-0.1, -0.05) is 6.07 Å². The Hall–Kier alpha value is -4.56. The number of aromatic amines is 2. The molecule has 0 saturated heterocycles. The maximum Gasteiger partial charge on any atom is 0.233 e. The lowest BCUT2D eigenvalue weighted by atomic mass is 10.1. The van der Waals surface area contributed by atoms with E-state index >= 15 is 0 Å². The molecule has 3 aromatic heterocycles. The number of fused-ring (bicyclic) bond motifs is 2. The number of anilines is 2. The predicted molar refractivity (Wildman–Crippen MR) is 134 cm³/mol. The Balaban J connectivity index is 1.53. The number of H-pyrrole nitrogens is 2. The highest BCUT2D eigenvalue weighted by Crippen LogP contribution is 2.35. The standard InChI is InChI=1S/C24H21N7O3S/c1-31(35(2,33)34)24-14(4-3-5-26-24)11-28-22-17(10-25)13-29-23-19(22)9-21(30-23)16-6-15-7-18(32)8-20(15)27-12-16/h3-9,12-13,27,32H,11H2,1-2H3,(H2,28,29,30). The summed E-state index contributed by atoms with van der Waals surface area (Å²) in [5.74, 6) is 0.496. The minimum Gasteiger partial charge on any atom is -0.508 e. The average Bonchev–Trinajstić information content (AvgIpc) is 3.43. The second kappa shape index (κ2) is 8.34. The van der Waals surface area contributed by atoms with Crippen LogP contribution in [0.2, 0.25) is 0 Å². The molecule has 0 spiro atoms. The van der Waals surface area contributed by atoms with Crippen LogP contribution < -0.4 is 9.62 Å². The van der Waals surface area contributed by atoms with Crippen molar-refractivity contribution in [3.63, 3.8) is 0 Å². The zero-order chi connectivity index (χ0) is 24.7. The van der Waals surface area contributed by atoms with Gasteiger partial charge in [0.2, 0.25) is 10.0 Å². The number of nitriles is 1. The molecule has 4 N–H and O–H groups in total. The van der Waals surface area contributed by atoms with Gasteiger partial charge in [-0.15, -0.1) is 0 Å². The zero-order valence-electron chi connectivity index (χ0n) is 18.9. The summed E-state index contributed by atoms with van der Waals surface area (Å²) in [6, 6.07) is 12.8. The van der Waals surface area contributed by atoms with Gasteiger partial charge in [0, 0.05) is 71.7 Å². The van der Waals surface area contributed by atoms with E-state index in [1.807, 2.05) is 18.3 Å². The Labute approximate surface area is 201 Å². The number of nitrogens with one attached hydrogen (secondary N) is 3. The van der Waals surface area contributed by atoms with E-state index in [2.05, 4.69) is 31.3 Å². The Morgan fingerprint density at radius 2 is 2.00 bits per heavy atom. The Morgan fingerprint density at radius 1 is 1.17 bits per heavy atom.